The van der Waals surface area contributed by atoms with Gasteiger partial charge in [0.05, 0.1) is 0 Å². The monoisotopic (exact) mass is 356 g/mol. The first-order valence-electron chi connectivity index (χ1n) is 10.3. The number of nitrogens with zero attached hydrogens (tertiary/aromatic N) is 3. The number of H-pyrrole nitrogens is 1. The Labute approximate surface area is 154 Å². The number of fused-ring (bicyclic) bond motifs is 1. The van der Waals surface area contributed by atoms with Crippen LogP contribution in [0.1, 0.15) is 73.1 Å². The highest BCUT2D eigenvalue weighted by molar-refractivity contribution is 5.94. The highest BCUT2D eigenvalue weighted by Crippen LogP contribution is 2.42. The second kappa shape index (κ2) is 6.10. The Morgan fingerprint density at radius 3 is 2.77 bits per heavy atom. The van der Waals surface area contributed by atoms with Gasteiger partial charge in [-0.3, -0.25) is 14.7 Å². The Balaban J connectivity index is 1.35. The zero-order chi connectivity index (χ0) is 17.7. The Morgan fingerprint density at radius 2 is 1.92 bits per heavy atom. The highest BCUT2D eigenvalue weighted by Gasteiger charge is 2.46. The van der Waals surface area contributed by atoms with E-state index in [1.165, 1.54) is 6.42 Å². The molecule has 4 aliphatic rings. The Kier molecular flexibility index (Phi) is 3.83. The average molecular weight is 356 g/mol. The van der Waals surface area contributed by atoms with Crippen LogP contribution in [-0.2, 0) is 17.6 Å². The molecule has 26 heavy (non-hydrogen) atoms. The van der Waals surface area contributed by atoms with Crippen LogP contribution in [0.4, 0.5) is 0 Å². The third-order valence-electron chi connectivity index (χ3n) is 6.89. The van der Waals surface area contributed by atoms with Crippen molar-refractivity contribution in [1.82, 2.24) is 20.0 Å². The van der Waals surface area contributed by atoms with Crippen LogP contribution in [0.5, 0.6) is 0 Å². The number of hydrogen-bond donors (Lipinski definition) is 1. The lowest BCUT2D eigenvalue weighted by atomic mass is 9.73. The number of nitrogens with one attached hydrogen (secondary N) is 1. The molecule has 6 heteroatoms. The molecule has 1 aromatic rings. The first-order chi connectivity index (χ1) is 12.7. The Bertz CT molecular complexity index is 738. The van der Waals surface area contributed by atoms with E-state index in [1.807, 2.05) is 4.90 Å². The molecule has 1 unspecified atom stereocenters. The number of aromatic amines is 1. The summed E-state index contributed by atoms with van der Waals surface area (Å²) in [6.07, 6.45) is 10.4. The predicted octanol–water partition coefficient (Wildman–Crippen LogP) is 2.30. The first kappa shape index (κ1) is 16.3. The van der Waals surface area contributed by atoms with Gasteiger partial charge in [0.25, 0.3) is 5.91 Å². The van der Waals surface area contributed by atoms with Crippen LogP contribution >= 0.6 is 0 Å². The minimum Gasteiger partial charge on any atom is -0.339 e. The van der Waals surface area contributed by atoms with Crippen LogP contribution in [0, 0.1) is 5.41 Å². The molecule has 5 rings (SSSR count). The fraction of sp³-hybridized carbons (Fsp3) is 0.750. The van der Waals surface area contributed by atoms with Gasteiger partial charge < -0.3 is 9.80 Å². The van der Waals surface area contributed by atoms with Crippen molar-refractivity contribution in [2.24, 2.45) is 5.41 Å². The van der Waals surface area contributed by atoms with Crippen molar-refractivity contribution in [3.05, 3.63) is 17.0 Å². The van der Waals surface area contributed by atoms with E-state index in [9.17, 15) is 9.59 Å². The van der Waals surface area contributed by atoms with Crippen molar-refractivity contribution in [2.75, 3.05) is 19.6 Å². The molecular weight excluding hydrogens is 328 g/mol. The lowest BCUT2D eigenvalue weighted by Gasteiger charge is -2.48. The molecule has 1 saturated carbocycles. The zero-order valence-electron chi connectivity index (χ0n) is 15.4. The number of carbonyl (C=O) groups excluding carboxylic acids is 2. The second-order valence-electron chi connectivity index (χ2n) is 8.82. The molecule has 6 nitrogen and oxygen atoms in total. The standard InChI is InChI=1S/C20H28N4O2/c25-17-8-10-20(13-24(17)14-6-7-14)9-3-11-23(12-20)19(26)18-15-4-1-2-5-16(15)21-22-18/h14H,1-13H2,(H,21,22). The molecule has 0 bridgehead atoms. The van der Waals surface area contributed by atoms with Crippen LogP contribution in [0.3, 0.4) is 0 Å². The maximum Gasteiger partial charge on any atom is 0.274 e. The predicted molar refractivity (Wildman–Crippen MR) is 96.8 cm³/mol. The summed E-state index contributed by atoms with van der Waals surface area (Å²) in [7, 11) is 0. The summed E-state index contributed by atoms with van der Waals surface area (Å²) in [5.41, 5.74) is 3.07. The van der Waals surface area contributed by atoms with Crippen molar-refractivity contribution < 1.29 is 9.59 Å². The average Bonchev–Trinajstić information content (AvgIpc) is 3.42. The van der Waals surface area contributed by atoms with Crippen LogP contribution < -0.4 is 0 Å². The molecule has 2 aliphatic heterocycles. The van der Waals surface area contributed by atoms with Crippen LogP contribution in [0.25, 0.3) is 0 Å². The Hall–Kier alpha value is -1.85. The van der Waals surface area contributed by atoms with Gasteiger partial charge in [-0.1, -0.05) is 0 Å². The van der Waals surface area contributed by atoms with Gasteiger partial charge in [-0.25, -0.2) is 0 Å². The summed E-state index contributed by atoms with van der Waals surface area (Å²) >= 11 is 0. The molecule has 1 N–H and O–H groups in total. The number of likely N-dealkylation sites (tertiary alicyclic amines) is 2. The molecule has 3 heterocycles. The van der Waals surface area contributed by atoms with Crippen molar-refractivity contribution in [3.8, 4) is 0 Å². The molecule has 0 aromatic carbocycles. The number of aromatic nitrogens is 2. The fourth-order valence-electron chi connectivity index (χ4n) is 5.29. The smallest absolute Gasteiger partial charge is 0.274 e. The van der Waals surface area contributed by atoms with Crippen LogP contribution in [-0.4, -0.2) is 57.5 Å². The minimum atomic E-state index is 0.0957. The lowest BCUT2D eigenvalue weighted by molar-refractivity contribution is -0.139. The maximum absolute atomic E-state index is 13.2. The van der Waals surface area contributed by atoms with E-state index >= 15 is 0 Å². The third-order valence-corrected chi connectivity index (χ3v) is 6.89. The van der Waals surface area contributed by atoms with E-state index in [1.54, 1.807) is 0 Å². The molecule has 1 atom stereocenters. The summed E-state index contributed by atoms with van der Waals surface area (Å²) in [4.78, 5) is 29.7. The molecule has 3 fully saturated rings. The summed E-state index contributed by atoms with van der Waals surface area (Å²) in [5, 5.41) is 7.49. The van der Waals surface area contributed by atoms with Gasteiger partial charge in [0.1, 0.15) is 0 Å². The van der Waals surface area contributed by atoms with Crippen molar-refractivity contribution in [2.45, 2.75) is 70.3 Å². The van der Waals surface area contributed by atoms with Gasteiger partial charge in [-0.15, -0.1) is 0 Å². The number of aryl methyl sites for hydroxylation is 1. The third kappa shape index (κ3) is 2.74. The van der Waals surface area contributed by atoms with E-state index in [0.29, 0.717) is 24.1 Å². The minimum absolute atomic E-state index is 0.0957. The molecule has 2 amide bonds. The SMILES string of the molecule is O=C(c1n[nH]c2c1CCCC2)N1CCCC2(CCC(=O)N(C3CC3)C2)C1. The summed E-state index contributed by atoms with van der Waals surface area (Å²) in [5.74, 6) is 0.418. The maximum atomic E-state index is 13.2. The number of piperidine rings is 2. The van der Waals surface area contributed by atoms with Crippen LogP contribution in [0.2, 0.25) is 0 Å². The van der Waals surface area contributed by atoms with Crippen molar-refractivity contribution in [3.63, 3.8) is 0 Å². The van der Waals surface area contributed by atoms with Crippen molar-refractivity contribution >= 4 is 11.8 Å². The summed E-state index contributed by atoms with van der Waals surface area (Å²) < 4.78 is 0. The number of hydrogen-bond acceptors (Lipinski definition) is 3. The topological polar surface area (TPSA) is 69.3 Å². The van der Waals surface area contributed by atoms with Crippen LogP contribution in [0.15, 0.2) is 0 Å². The van der Waals surface area contributed by atoms with E-state index in [2.05, 4.69) is 15.1 Å². The molecule has 1 aromatic heterocycles. The van der Waals surface area contributed by atoms with E-state index in [0.717, 1.165) is 82.3 Å². The first-order valence-corrected chi connectivity index (χ1v) is 10.3. The number of rotatable bonds is 2. The molecule has 2 aliphatic carbocycles. The van der Waals surface area contributed by atoms with Gasteiger partial charge in [0, 0.05) is 48.8 Å². The van der Waals surface area contributed by atoms with Gasteiger partial charge in [0.2, 0.25) is 5.91 Å². The van der Waals surface area contributed by atoms with Gasteiger partial charge >= 0.3 is 0 Å². The van der Waals surface area contributed by atoms with E-state index < -0.39 is 0 Å². The lowest BCUT2D eigenvalue weighted by Crippen LogP contribution is -2.55. The van der Waals surface area contributed by atoms with Gasteiger partial charge in [-0.2, -0.15) is 5.10 Å². The van der Waals surface area contributed by atoms with Gasteiger partial charge in [-0.05, 0) is 57.8 Å². The normalized spacial score (nSPS) is 29.2. The largest absolute Gasteiger partial charge is 0.339 e. The van der Waals surface area contributed by atoms with Gasteiger partial charge in [0.15, 0.2) is 5.69 Å². The zero-order valence-corrected chi connectivity index (χ0v) is 15.4. The second-order valence-corrected chi connectivity index (χ2v) is 8.82. The Morgan fingerprint density at radius 1 is 1.08 bits per heavy atom. The molecule has 0 radical (unpaired) electrons. The molecule has 140 valence electrons. The number of carbonyl (C=O) groups is 2. The fourth-order valence-corrected chi connectivity index (χ4v) is 5.29. The summed E-state index contributed by atoms with van der Waals surface area (Å²) in [6.45, 7) is 2.45. The molecule has 2 saturated heterocycles. The van der Waals surface area contributed by atoms with Crippen molar-refractivity contribution in [1.29, 1.82) is 0 Å². The quantitative estimate of drug-likeness (QED) is 0.884. The summed E-state index contributed by atoms with van der Waals surface area (Å²) in [6, 6.07) is 0.476. The van der Waals surface area contributed by atoms with E-state index in [-0.39, 0.29) is 11.3 Å². The molecular formula is C20H28N4O2. The van der Waals surface area contributed by atoms with E-state index in [4.69, 9.17) is 0 Å². The molecule has 1 spiro atoms. The highest BCUT2D eigenvalue weighted by atomic mass is 16.2. The number of amides is 2.